The van der Waals surface area contributed by atoms with Gasteiger partial charge in [0.2, 0.25) is 5.91 Å². The number of phenolic OH excluding ortho intramolecular Hbond substituents is 1. The van der Waals surface area contributed by atoms with Gasteiger partial charge in [-0.15, -0.1) is 11.8 Å². The number of carbonyl (C=O) groups excluding carboxylic acids is 1. The molecule has 0 atom stereocenters. The topological polar surface area (TPSA) is 49.3 Å². The Morgan fingerprint density at radius 3 is 2.53 bits per heavy atom. The number of amides is 1. The van der Waals surface area contributed by atoms with E-state index in [0.29, 0.717) is 16.7 Å². The summed E-state index contributed by atoms with van der Waals surface area (Å²) in [6, 6.07) is 5.35. The second-order valence-corrected chi connectivity index (χ2v) is 7.45. The Bertz CT molecular complexity index is 450. The van der Waals surface area contributed by atoms with E-state index in [1.807, 2.05) is 12.1 Å². The number of anilines is 1. The molecule has 1 amide bonds. The molecule has 106 valence electrons. The molecule has 19 heavy (non-hydrogen) atoms. The van der Waals surface area contributed by atoms with Crippen LogP contribution in [0.25, 0.3) is 0 Å². The van der Waals surface area contributed by atoms with Crippen molar-refractivity contribution in [3.05, 3.63) is 23.8 Å². The maximum absolute atomic E-state index is 11.8. The van der Waals surface area contributed by atoms with E-state index < -0.39 is 0 Å². The Labute approximate surface area is 119 Å². The van der Waals surface area contributed by atoms with Crippen LogP contribution >= 0.6 is 11.8 Å². The molecule has 0 radical (unpaired) electrons. The SMILES string of the molecule is CC(C)SCC(=O)Nc1cc(C(C)(C)C)ccc1O. The van der Waals surface area contributed by atoms with Gasteiger partial charge in [0.05, 0.1) is 11.4 Å². The van der Waals surface area contributed by atoms with E-state index in [9.17, 15) is 9.90 Å². The van der Waals surface area contributed by atoms with Crippen molar-refractivity contribution in [3.63, 3.8) is 0 Å². The van der Waals surface area contributed by atoms with Gasteiger partial charge in [-0.1, -0.05) is 40.7 Å². The van der Waals surface area contributed by atoms with Crippen LogP contribution in [-0.2, 0) is 10.2 Å². The Hall–Kier alpha value is -1.16. The van der Waals surface area contributed by atoms with Gasteiger partial charge < -0.3 is 10.4 Å². The second kappa shape index (κ2) is 6.33. The fraction of sp³-hybridized carbons (Fsp3) is 0.533. The van der Waals surface area contributed by atoms with Gasteiger partial charge in [-0.2, -0.15) is 0 Å². The van der Waals surface area contributed by atoms with E-state index in [2.05, 4.69) is 39.9 Å². The van der Waals surface area contributed by atoms with Gasteiger partial charge in [0.15, 0.2) is 0 Å². The van der Waals surface area contributed by atoms with Crippen molar-refractivity contribution >= 4 is 23.4 Å². The zero-order valence-electron chi connectivity index (χ0n) is 12.3. The van der Waals surface area contributed by atoms with Crippen molar-refractivity contribution in [1.82, 2.24) is 0 Å². The highest BCUT2D eigenvalue weighted by molar-refractivity contribution is 8.00. The molecular weight excluding hydrogens is 258 g/mol. The minimum Gasteiger partial charge on any atom is -0.506 e. The van der Waals surface area contributed by atoms with Crippen LogP contribution in [0.15, 0.2) is 18.2 Å². The summed E-state index contributed by atoms with van der Waals surface area (Å²) in [6.07, 6.45) is 0. The molecule has 0 saturated carbocycles. The molecule has 4 heteroatoms. The molecule has 0 aliphatic carbocycles. The standard InChI is InChI=1S/C15H23NO2S/c1-10(2)19-9-14(18)16-12-8-11(15(3,4)5)6-7-13(12)17/h6-8,10,17H,9H2,1-5H3,(H,16,18). The Morgan fingerprint density at radius 1 is 1.37 bits per heavy atom. The van der Waals surface area contributed by atoms with E-state index in [1.165, 1.54) is 0 Å². The molecule has 1 rings (SSSR count). The molecule has 0 aromatic heterocycles. The zero-order chi connectivity index (χ0) is 14.6. The summed E-state index contributed by atoms with van der Waals surface area (Å²) in [4.78, 5) is 11.8. The fourth-order valence-corrected chi connectivity index (χ4v) is 2.09. The molecule has 1 aromatic carbocycles. The molecule has 1 aromatic rings. The van der Waals surface area contributed by atoms with Gasteiger partial charge in [-0.05, 0) is 28.4 Å². The molecule has 0 fully saturated rings. The first-order valence-corrected chi connectivity index (χ1v) is 7.50. The number of aromatic hydroxyl groups is 1. The van der Waals surface area contributed by atoms with E-state index in [-0.39, 0.29) is 17.1 Å². The normalized spacial score (nSPS) is 11.7. The minimum atomic E-state index is -0.0833. The van der Waals surface area contributed by atoms with E-state index in [0.717, 1.165) is 5.56 Å². The van der Waals surface area contributed by atoms with E-state index in [4.69, 9.17) is 0 Å². The van der Waals surface area contributed by atoms with E-state index in [1.54, 1.807) is 17.8 Å². The minimum absolute atomic E-state index is 0.0140. The third kappa shape index (κ3) is 5.15. The molecule has 0 spiro atoms. The summed E-state index contributed by atoms with van der Waals surface area (Å²) in [5.74, 6) is 0.424. The van der Waals surface area contributed by atoms with Gasteiger partial charge in [-0.25, -0.2) is 0 Å². The first-order chi connectivity index (χ1) is 8.70. The van der Waals surface area contributed by atoms with Crippen molar-refractivity contribution in [1.29, 1.82) is 0 Å². The smallest absolute Gasteiger partial charge is 0.234 e. The van der Waals surface area contributed by atoms with Gasteiger partial charge in [0.25, 0.3) is 0 Å². The quantitative estimate of drug-likeness (QED) is 0.826. The highest BCUT2D eigenvalue weighted by atomic mass is 32.2. The van der Waals surface area contributed by atoms with Crippen LogP contribution in [0.1, 0.15) is 40.2 Å². The van der Waals surface area contributed by atoms with Crippen LogP contribution in [0.4, 0.5) is 5.69 Å². The van der Waals surface area contributed by atoms with Crippen LogP contribution in [-0.4, -0.2) is 22.0 Å². The first-order valence-electron chi connectivity index (χ1n) is 6.45. The number of benzene rings is 1. The lowest BCUT2D eigenvalue weighted by Gasteiger charge is -2.20. The highest BCUT2D eigenvalue weighted by Gasteiger charge is 2.16. The van der Waals surface area contributed by atoms with Crippen molar-refractivity contribution in [2.75, 3.05) is 11.1 Å². The average molecular weight is 281 g/mol. The highest BCUT2D eigenvalue weighted by Crippen LogP contribution is 2.30. The van der Waals surface area contributed by atoms with Gasteiger partial charge in [0.1, 0.15) is 5.75 Å². The predicted molar refractivity (Wildman–Crippen MR) is 83.0 cm³/mol. The van der Waals surface area contributed by atoms with E-state index >= 15 is 0 Å². The fourth-order valence-electron chi connectivity index (χ4n) is 1.53. The van der Waals surface area contributed by atoms with Gasteiger partial charge in [-0.3, -0.25) is 4.79 Å². The third-order valence-electron chi connectivity index (χ3n) is 2.68. The molecule has 0 aliphatic rings. The maximum atomic E-state index is 11.8. The maximum Gasteiger partial charge on any atom is 0.234 e. The Balaban J connectivity index is 2.80. The molecule has 0 saturated heterocycles. The summed E-state index contributed by atoms with van der Waals surface area (Å²) in [6.45, 7) is 10.4. The molecule has 0 heterocycles. The lowest BCUT2D eigenvalue weighted by molar-refractivity contribution is -0.113. The summed E-state index contributed by atoms with van der Waals surface area (Å²) in [5.41, 5.74) is 1.55. The number of phenols is 1. The van der Waals surface area contributed by atoms with Crippen molar-refractivity contribution in [2.24, 2.45) is 0 Å². The second-order valence-electron chi connectivity index (χ2n) is 5.89. The summed E-state index contributed by atoms with van der Waals surface area (Å²) in [7, 11) is 0. The number of rotatable bonds is 4. The summed E-state index contributed by atoms with van der Waals surface area (Å²) < 4.78 is 0. The number of hydrogen-bond acceptors (Lipinski definition) is 3. The monoisotopic (exact) mass is 281 g/mol. The Kier molecular flexibility index (Phi) is 5.29. The van der Waals surface area contributed by atoms with Crippen LogP contribution in [0.2, 0.25) is 0 Å². The van der Waals surface area contributed by atoms with Crippen LogP contribution in [0.5, 0.6) is 5.75 Å². The largest absolute Gasteiger partial charge is 0.506 e. The lowest BCUT2D eigenvalue weighted by Crippen LogP contribution is -2.17. The first kappa shape index (κ1) is 15.9. The van der Waals surface area contributed by atoms with Crippen LogP contribution in [0.3, 0.4) is 0 Å². The zero-order valence-corrected chi connectivity index (χ0v) is 13.1. The summed E-state index contributed by atoms with van der Waals surface area (Å²) >= 11 is 1.58. The lowest BCUT2D eigenvalue weighted by atomic mass is 9.87. The molecular formula is C15H23NO2S. The number of nitrogens with one attached hydrogen (secondary N) is 1. The van der Waals surface area contributed by atoms with Crippen LogP contribution < -0.4 is 5.32 Å². The number of thioether (sulfide) groups is 1. The summed E-state index contributed by atoms with van der Waals surface area (Å²) in [5, 5.41) is 13.0. The third-order valence-corrected chi connectivity index (χ3v) is 3.78. The van der Waals surface area contributed by atoms with Crippen molar-refractivity contribution in [2.45, 2.75) is 45.3 Å². The van der Waals surface area contributed by atoms with Crippen LogP contribution in [0, 0.1) is 0 Å². The number of carbonyl (C=O) groups is 1. The molecule has 0 aliphatic heterocycles. The van der Waals surface area contributed by atoms with Crippen molar-refractivity contribution in [3.8, 4) is 5.75 Å². The molecule has 0 bridgehead atoms. The van der Waals surface area contributed by atoms with Gasteiger partial charge in [0, 0.05) is 0 Å². The molecule has 2 N–H and O–H groups in total. The van der Waals surface area contributed by atoms with Gasteiger partial charge >= 0.3 is 0 Å². The van der Waals surface area contributed by atoms with Crippen molar-refractivity contribution < 1.29 is 9.90 Å². The average Bonchev–Trinajstić information content (AvgIpc) is 2.28. The molecule has 3 nitrogen and oxygen atoms in total. The predicted octanol–water partition coefficient (Wildman–Crippen LogP) is 3.77. The Morgan fingerprint density at radius 2 is 2.00 bits per heavy atom. The number of hydrogen-bond donors (Lipinski definition) is 2. The molecule has 0 unspecified atom stereocenters.